The van der Waals surface area contributed by atoms with Crippen molar-refractivity contribution in [2.24, 2.45) is 0 Å². The van der Waals surface area contributed by atoms with Crippen LogP contribution in [0.5, 0.6) is 0 Å². The lowest BCUT2D eigenvalue weighted by Gasteiger charge is -2.14. The second kappa shape index (κ2) is 5.79. The summed E-state index contributed by atoms with van der Waals surface area (Å²) < 4.78 is 31.7. The monoisotopic (exact) mass is 258 g/mol. The van der Waals surface area contributed by atoms with Crippen molar-refractivity contribution >= 4 is 16.1 Å². The van der Waals surface area contributed by atoms with E-state index in [9.17, 15) is 13.2 Å². The van der Waals surface area contributed by atoms with E-state index in [0.29, 0.717) is 5.56 Å². The predicted octanol–water partition coefficient (Wildman–Crippen LogP) is 1.27. The minimum Gasteiger partial charge on any atom is -0.464 e. The zero-order valence-electron chi connectivity index (χ0n) is 9.62. The average molecular weight is 258 g/mol. The van der Waals surface area contributed by atoms with Gasteiger partial charge in [0.15, 0.2) is 6.10 Å². The summed E-state index contributed by atoms with van der Waals surface area (Å²) in [6, 6.07) is 8.34. The van der Waals surface area contributed by atoms with Crippen LogP contribution in [0.25, 0.3) is 0 Å². The molecular weight excluding hydrogens is 244 g/mol. The van der Waals surface area contributed by atoms with Crippen LogP contribution in [0.4, 0.5) is 0 Å². The molecule has 0 radical (unpaired) electrons. The van der Waals surface area contributed by atoms with Crippen LogP contribution in [0.1, 0.15) is 18.6 Å². The molecule has 0 aromatic heterocycles. The quantitative estimate of drug-likeness (QED) is 0.587. The molecule has 0 N–H and O–H groups in total. The van der Waals surface area contributed by atoms with Crippen LogP contribution in [0, 0.1) is 0 Å². The van der Waals surface area contributed by atoms with Crippen molar-refractivity contribution in [2.75, 3.05) is 12.9 Å². The van der Waals surface area contributed by atoms with Crippen LogP contribution < -0.4 is 0 Å². The van der Waals surface area contributed by atoms with E-state index in [0.717, 1.165) is 6.26 Å². The Morgan fingerprint density at radius 3 is 2.35 bits per heavy atom. The fraction of sp³-hybridized carbons (Fsp3) is 0.364. The summed E-state index contributed by atoms with van der Waals surface area (Å²) in [6.45, 7) is 1.80. The fourth-order valence-corrected chi connectivity index (χ4v) is 1.79. The molecule has 17 heavy (non-hydrogen) atoms. The maximum absolute atomic E-state index is 11.6. The highest BCUT2D eigenvalue weighted by molar-refractivity contribution is 7.86. The summed E-state index contributed by atoms with van der Waals surface area (Å²) >= 11 is 0. The number of benzene rings is 1. The maximum Gasteiger partial charge on any atom is 0.341 e. The van der Waals surface area contributed by atoms with Crippen LogP contribution >= 0.6 is 0 Å². The number of ether oxygens (including phenoxy) is 1. The molecule has 0 bridgehead atoms. The molecular formula is C11H14O5S. The van der Waals surface area contributed by atoms with Crippen molar-refractivity contribution in [3.05, 3.63) is 35.9 Å². The van der Waals surface area contributed by atoms with Crippen LogP contribution in [0.3, 0.4) is 0 Å². The first-order chi connectivity index (χ1) is 7.94. The lowest BCUT2D eigenvalue weighted by molar-refractivity contribution is -0.151. The van der Waals surface area contributed by atoms with Crippen molar-refractivity contribution < 1.29 is 22.1 Å². The number of carbonyl (C=O) groups excluding carboxylic acids is 1. The second-order valence-corrected chi connectivity index (χ2v) is 4.94. The molecule has 1 atom stereocenters. The Kier molecular flexibility index (Phi) is 4.65. The SMILES string of the molecule is CCOC(=O)[C@H](OS(C)(=O)=O)c1ccccc1. The summed E-state index contributed by atoms with van der Waals surface area (Å²) in [5.74, 6) is -0.718. The van der Waals surface area contributed by atoms with Gasteiger partial charge in [-0.2, -0.15) is 8.42 Å². The number of esters is 1. The smallest absolute Gasteiger partial charge is 0.341 e. The lowest BCUT2D eigenvalue weighted by atomic mass is 10.1. The van der Waals surface area contributed by atoms with E-state index in [1.54, 1.807) is 37.3 Å². The fourth-order valence-electron chi connectivity index (χ4n) is 1.25. The minimum absolute atomic E-state index is 0.162. The lowest BCUT2D eigenvalue weighted by Crippen LogP contribution is -2.21. The van der Waals surface area contributed by atoms with Crippen molar-refractivity contribution in [1.29, 1.82) is 0 Å². The molecule has 0 heterocycles. The van der Waals surface area contributed by atoms with Crippen molar-refractivity contribution in [3.8, 4) is 0 Å². The van der Waals surface area contributed by atoms with Crippen LogP contribution in [0.15, 0.2) is 30.3 Å². The number of rotatable bonds is 5. The van der Waals surface area contributed by atoms with Crippen LogP contribution in [-0.4, -0.2) is 27.2 Å². The molecule has 6 heteroatoms. The Bertz CT molecular complexity index is 466. The predicted molar refractivity (Wildman–Crippen MR) is 61.7 cm³/mol. The van der Waals surface area contributed by atoms with Gasteiger partial charge in [0, 0.05) is 0 Å². The Labute approximate surface area is 100 Å². The second-order valence-electron chi connectivity index (χ2n) is 3.34. The Morgan fingerprint density at radius 1 is 1.29 bits per heavy atom. The summed E-state index contributed by atoms with van der Waals surface area (Å²) in [5.41, 5.74) is 0.441. The average Bonchev–Trinajstić information content (AvgIpc) is 2.26. The summed E-state index contributed by atoms with van der Waals surface area (Å²) in [5, 5.41) is 0. The highest BCUT2D eigenvalue weighted by atomic mass is 32.2. The Morgan fingerprint density at radius 2 is 1.88 bits per heavy atom. The highest BCUT2D eigenvalue weighted by Gasteiger charge is 2.26. The number of hydrogen-bond donors (Lipinski definition) is 0. The molecule has 1 aromatic rings. The van der Waals surface area contributed by atoms with Gasteiger partial charge in [0.2, 0.25) is 0 Å². The molecule has 94 valence electrons. The zero-order valence-corrected chi connectivity index (χ0v) is 10.4. The first kappa shape index (κ1) is 13.7. The van der Waals surface area contributed by atoms with Gasteiger partial charge in [-0.05, 0) is 12.5 Å². The van der Waals surface area contributed by atoms with Gasteiger partial charge in [-0.1, -0.05) is 30.3 Å². The van der Waals surface area contributed by atoms with Gasteiger partial charge in [-0.3, -0.25) is 4.18 Å². The molecule has 0 saturated carbocycles. The molecule has 0 fully saturated rings. The standard InChI is InChI=1S/C11H14O5S/c1-3-15-11(12)10(16-17(2,13)14)9-7-5-4-6-8-9/h4-8,10H,3H2,1-2H3/t10-/m1/s1. The Hall–Kier alpha value is -1.40. The van der Waals surface area contributed by atoms with Crippen molar-refractivity contribution in [3.63, 3.8) is 0 Å². The summed E-state index contributed by atoms with van der Waals surface area (Å²) in [4.78, 5) is 11.6. The van der Waals surface area contributed by atoms with Gasteiger partial charge < -0.3 is 4.74 Å². The van der Waals surface area contributed by atoms with Gasteiger partial charge in [0.1, 0.15) is 0 Å². The van der Waals surface area contributed by atoms with E-state index in [-0.39, 0.29) is 6.61 Å². The normalized spacial score (nSPS) is 13.1. The molecule has 1 aromatic carbocycles. The van der Waals surface area contributed by atoms with Gasteiger partial charge >= 0.3 is 5.97 Å². The molecule has 0 spiro atoms. The summed E-state index contributed by atoms with van der Waals surface area (Å²) in [6.07, 6.45) is -0.353. The van der Waals surface area contributed by atoms with Crippen LogP contribution in [0.2, 0.25) is 0 Å². The molecule has 0 aliphatic carbocycles. The minimum atomic E-state index is -3.74. The van der Waals surface area contributed by atoms with Gasteiger partial charge in [-0.15, -0.1) is 0 Å². The van der Waals surface area contributed by atoms with E-state index in [1.165, 1.54) is 0 Å². The van der Waals surface area contributed by atoms with Gasteiger partial charge in [0.05, 0.1) is 12.9 Å². The summed E-state index contributed by atoms with van der Waals surface area (Å²) in [7, 11) is -3.74. The number of carbonyl (C=O) groups is 1. The molecule has 0 saturated heterocycles. The van der Waals surface area contributed by atoms with E-state index >= 15 is 0 Å². The maximum atomic E-state index is 11.6. The van der Waals surface area contributed by atoms with E-state index in [4.69, 9.17) is 8.92 Å². The third-order valence-electron chi connectivity index (χ3n) is 1.87. The largest absolute Gasteiger partial charge is 0.464 e. The van der Waals surface area contributed by atoms with Crippen LogP contribution in [-0.2, 0) is 23.8 Å². The van der Waals surface area contributed by atoms with Gasteiger partial charge in [0.25, 0.3) is 10.1 Å². The highest BCUT2D eigenvalue weighted by Crippen LogP contribution is 2.20. The molecule has 5 nitrogen and oxygen atoms in total. The third kappa shape index (κ3) is 4.54. The molecule has 0 aliphatic heterocycles. The van der Waals surface area contributed by atoms with Crippen molar-refractivity contribution in [2.45, 2.75) is 13.0 Å². The van der Waals surface area contributed by atoms with Gasteiger partial charge in [-0.25, -0.2) is 4.79 Å². The third-order valence-corrected chi connectivity index (χ3v) is 2.42. The Balaban J connectivity index is 2.99. The van der Waals surface area contributed by atoms with E-state index in [1.807, 2.05) is 0 Å². The topological polar surface area (TPSA) is 69.7 Å². The van der Waals surface area contributed by atoms with E-state index in [2.05, 4.69) is 0 Å². The molecule has 0 amide bonds. The molecule has 1 rings (SSSR count). The molecule has 0 unspecified atom stereocenters. The first-order valence-electron chi connectivity index (χ1n) is 5.04. The van der Waals surface area contributed by atoms with Crippen molar-refractivity contribution in [1.82, 2.24) is 0 Å². The zero-order chi connectivity index (χ0) is 12.9. The van der Waals surface area contributed by atoms with E-state index < -0.39 is 22.2 Å². The molecule has 0 aliphatic rings. The number of hydrogen-bond acceptors (Lipinski definition) is 5. The first-order valence-corrected chi connectivity index (χ1v) is 6.85.